The summed E-state index contributed by atoms with van der Waals surface area (Å²) in [5, 5.41) is 6.04. The number of amides is 1. The van der Waals surface area contributed by atoms with Crippen LogP contribution in [0.5, 0.6) is 0 Å². The Bertz CT molecular complexity index is 453. The topological polar surface area (TPSA) is 50.4 Å². The van der Waals surface area contributed by atoms with Gasteiger partial charge in [-0.3, -0.25) is 4.79 Å². The molecule has 20 heavy (non-hydrogen) atoms. The Hall–Kier alpha value is -1.62. The van der Waals surface area contributed by atoms with Gasteiger partial charge in [-0.2, -0.15) is 0 Å². The number of rotatable bonds is 6. The molecule has 0 aliphatic carbocycles. The molecule has 1 heterocycles. The standard InChI is InChI=1S/C15H21FN2O2/c1-11-14(6-9-20-11)15(19)18-8-3-7-17-13-5-2-4-12(16)10-13/h2,4-5,10-11,14,17H,3,6-9H2,1H3,(H,18,19)/t11-,14-/m0/s1. The molecule has 110 valence electrons. The van der Waals surface area contributed by atoms with Crippen molar-refractivity contribution >= 4 is 11.6 Å². The highest BCUT2D eigenvalue weighted by atomic mass is 19.1. The lowest BCUT2D eigenvalue weighted by Crippen LogP contribution is -2.35. The molecule has 0 bridgehead atoms. The van der Waals surface area contributed by atoms with E-state index in [0.717, 1.165) is 18.5 Å². The fourth-order valence-corrected chi connectivity index (χ4v) is 2.34. The highest BCUT2D eigenvalue weighted by Gasteiger charge is 2.30. The van der Waals surface area contributed by atoms with Crippen molar-refractivity contribution in [2.75, 3.05) is 25.0 Å². The van der Waals surface area contributed by atoms with Crippen molar-refractivity contribution in [3.63, 3.8) is 0 Å². The van der Waals surface area contributed by atoms with Crippen LogP contribution in [0.4, 0.5) is 10.1 Å². The molecular weight excluding hydrogens is 259 g/mol. The van der Waals surface area contributed by atoms with Gasteiger partial charge in [-0.1, -0.05) is 6.07 Å². The van der Waals surface area contributed by atoms with Crippen molar-refractivity contribution in [2.24, 2.45) is 5.92 Å². The third-order valence-electron chi connectivity index (χ3n) is 3.52. The van der Waals surface area contributed by atoms with Crippen LogP contribution in [0.1, 0.15) is 19.8 Å². The molecule has 2 rings (SSSR count). The number of ether oxygens (including phenoxy) is 1. The van der Waals surface area contributed by atoms with Crippen molar-refractivity contribution in [1.82, 2.24) is 5.32 Å². The van der Waals surface area contributed by atoms with Gasteiger partial charge in [0, 0.05) is 25.4 Å². The minimum atomic E-state index is -0.251. The van der Waals surface area contributed by atoms with Crippen LogP contribution in [0, 0.1) is 11.7 Å². The first kappa shape index (κ1) is 14.8. The van der Waals surface area contributed by atoms with E-state index in [1.54, 1.807) is 6.07 Å². The van der Waals surface area contributed by atoms with E-state index in [4.69, 9.17) is 4.74 Å². The first-order valence-electron chi connectivity index (χ1n) is 7.05. The van der Waals surface area contributed by atoms with Crippen molar-refractivity contribution < 1.29 is 13.9 Å². The third kappa shape index (κ3) is 4.20. The van der Waals surface area contributed by atoms with Gasteiger partial charge in [-0.05, 0) is 38.0 Å². The second kappa shape index (κ2) is 7.24. The molecular formula is C15H21FN2O2. The van der Waals surface area contributed by atoms with Crippen molar-refractivity contribution in [3.05, 3.63) is 30.1 Å². The van der Waals surface area contributed by atoms with Gasteiger partial charge in [0.05, 0.1) is 12.0 Å². The van der Waals surface area contributed by atoms with Crippen LogP contribution in [0.15, 0.2) is 24.3 Å². The van der Waals surface area contributed by atoms with E-state index in [2.05, 4.69) is 10.6 Å². The normalized spacial score (nSPS) is 21.7. The number of hydrogen-bond donors (Lipinski definition) is 2. The average Bonchev–Trinajstić information content (AvgIpc) is 2.84. The largest absolute Gasteiger partial charge is 0.385 e. The number of carbonyl (C=O) groups excluding carboxylic acids is 1. The zero-order valence-electron chi connectivity index (χ0n) is 11.7. The van der Waals surface area contributed by atoms with Crippen LogP contribution < -0.4 is 10.6 Å². The summed E-state index contributed by atoms with van der Waals surface area (Å²) in [6, 6.07) is 6.35. The highest BCUT2D eigenvalue weighted by Crippen LogP contribution is 2.20. The van der Waals surface area contributed by atoms with E-state index in [1.807, 2.05) is 13.0 Å². The summed E-state index contributed by atoms with van der Waals surface area (Å²) in [5.74, 6) is -0.203. The lowest BCUT2D eigenvalue weighted by atomic mass is 10.0. The maximum atomic E-state index is 12.9. The smallest absolute Gasteiger partial charge is 0.225 e. The van der Waals surface area contributed by atoms with Gasteiger partial charge in [-0.25, -0.2) is 4.39 Å². The summed E-state index contributed by atoms with van der Waals surface area (Å²) in [4.78, 5) is 11.9. The first-order valence-corrected chi connectivity index (χ1v) is 7.05. The molecule has 1 aromatic carbocycles. The lowest BCUT2D eigenvalue weighted by Gasteiger charge is -2.14. The first-order chi connectivity index (χ1) is 9.66. The van der Waals surface area contributed by atoms with Crippen LogP contribution in [0.3, 0.4) is 0 Å². The van der Waals surface area contributed by atoms with Crippen molar-refractivity contribution in [3.8, 4) is 0 Å². The van der Waals surface area contributed by atoms with Gasteiger partial charge in [-0.15, -0.1) is 0 Å². The van der Waals surface area contributed by atoms with E-state index in [-0.39, 0.29) is 23.7 Å². The van der Waals surface area contributed by atoms with E-state index in [9.17, 15) is 9.18 Å². The number of hydrogen-bond acceptors (Lipinski definition) is 3. The van der Waals surface area contributed by atoms with Crippen LogP contribution in [-0.4, -0.2) is 31.7 Å². The van der Waals surface area contributed by atoms with Gasteiger partial charge in [0.15, 0.2) is 0 Å². The summed E-state index contributed by atoms with van der Waals surface area (Å²) in [6.07, 6.45) is 1.61. The number of halogens is 1. The van der Waals surface area contributed by atoms with Crippen LogP contribution in [0.2, 0.25) is 0 Å². The maximum Gasteiger partial charge on any atom is 0.225 e. The SMILES string of the molecule is C[C@@H]1OCC[C@@H]1C(=O)NCCCNc1cccc(F)c1. The Labute approximate surface area is 118 Å². The second-order valence-electron chi connectivity index (χ2n) is 5.05. The number of carbonyl (C=O) groups is 1. The predicted octanol–water partition coefficient (Wildman–Crippen LogP) is 2.17. The molecule has 1 aliphatic rings. The Morgan fingerprint density at radius 2 is 2.30 bits per heavy atom. The summed E-state index contributed by atoms with van der Waals surface area (Å²) in [5.41, 5.74) is 0.758. The molecule has 2 N–H and O–H groups in total. The molecule has 0 aromatic heterocycles. The Morgan fingerprint density at radius 1 is 1.45 bits per heavy atom. The van der Waals surface area contributed by atoms with Gasteiger partial charge in [0.2, 0.25) is 5.91 Å². The molecule has 0 spiro atoms. The van der Waals surface area contributed by atoms with Crippen LogP contribution >= 0.6 is 0 Å². The average molecular weight is 280 g/mol. The number of benzene rings is 1. The fourth-order valence-electron chi connectivity index (χ4n) is 2.34. The molecule has 0 saturated carbocycles. The van der Waals surface area contributed by atoms with E-state index >= 15 is 0 Å². The van der Waals surface area contributed by atoms with Crippen LogP contribution in [-0.2, 0) is 9.53 Å². The quantitative estimate of drug-likeness (QED) is 0.785. The lowest BCUT2D eigenvalue weighted by molar-refractivity contribution is -0.126. The van der Waals surface area contributed by atoms with Gasteiger partial charge in [0.25, 0.3) is 0 Å². The molecule has 0 unspecified atom stereocenters. The van der Waals surface area contributed by atoms with E-state index in [0.29, 0.717) is 19.7 Å². The van der Waals surface area contributed by atoms with Gasteiger partial charge >= 0.3 is 0 Å². The van der Waals surface area contributed by atoms with Gasteiger partial charge in [0.1, 0.15) is 5.82 Å². The number of nitrogens with one attached hydrogen (secondary N) is 2. The zero-order valence-corrected chi connectivity index (χ0v) is 11.7. The molecule has 0 radical (unpaired) electrons. The predicted molar refractivity (Wildman–Crippen MR) is 76.0 cm³/mol. The van der Waals surface area contributed by atoms with Crippen molar-refractivity contribution in [1.29, 1.82) is 0 Å². The molecule has 1 aromatic rings. The molecule has 1 saturated heterocycles. The molecule has 1 amide bonds. The minimum absolute atomic E-state index is 0.0143. The second-order valence-corrected chi connectivity index (χ2v) is 5.05. The molecule has 5 heteroatoms. The Kier molecular flexibility index (Phi) is 5.35. The molecule has 4 nitrogen and oxygen atoms in total. The Balaban J connectivity index is 1.61. The number of anilines is 1. The molecule has 1 aliphatic heterocycles. The van der Waals surface area contributed by atoms with Crippen LogP contribution in [0.25, 0.3) is 0 Å². The zero-order chi connectivity index (χ0) is 14.4. The molecule has 1 fully saturated rings. The summed E-state index contributed by atoms with van der Waals surface area (Å²) in [7, 11) is 0. The third-order valence-corrected chi connectivity index (χ3v) is 3.52. The molecule has 2 atom stereocenters. The van der Waals surface area contributed by atoms with Gasteiger partial charge < -0.3 is 15.4 Å². The summed E-state index contributed by atoms with van der Waals surface area (Å²) >= 11 is 0. The maximum absolute atomic E-state index is 12.9. The monoisotopic (exact) mass is 280 g/mol. The highest BCUT2D eigenvalue weighted by molar-refractivity contribution is 5.79. The van der Waals surface area contributed by atoms with E-state index < -0.39 is 0 Å². The fraction of sp³-hybridized carbons (Fsp3) is 0.533. The summed E-state index contributed by atoms with van der Waals surface area (Å²) in [6.45, 7) is 3.91. The van der Waals surface area contributed by atoms with E-state index in [1.165, 1.54) is 12.1 Å². The minimum Gasteiger partial charge on any atom is -0.385 e. The van der Waals surface area contributed by atoms with Crippen molar-refractivity contribution in [2.45, 2.75) is 25.9 Å². The Morgan fingerprint density at radius 3 is 3.00 bits per heavy atom. The summed E-state index contributed by atoms with van der Waals surface area (Å²) < 4.78 is 18.3.